The lowest BCUT2D eigenvalue weighted by atomic mass is 10.0. The third-order valence-corrected chi connectivity index (χ3v) is 3.80. The number of thiazole rings is 1. The predicted octanol–water partition coefficient (Wildman–Crippen LogP) is 3.07. The van der Waals surface area contributed by atoms with E-state index in [0.717, 1.165) is 16.1 Å². The van der Waals surface area contributed by atoms with Gasteiger partial charge in [0.1, 0.15) is 0 Å². The number of hydrogen-bond donors (Lipinski definition) is 1. The van der Waals surface area contributed by atoms with E-state index in [1.807, 2.05) is 49.7 Å². The van der Waals surface area contributed by atoms with Gasteiger partial charge >= 0.3 is 0 Å². The zero-order valence-electron chi connectivity index (χ0n) is 10.5. The number of carbonyl (C=O) groups excluding carboxylic acids is 1. The molecule has 1 heterocycles. The molecule has 0 fully saturated rings. The minimum atomic E-state index is -0.0915. The lowest BCUT2D eigenvalue weighted by molar-refractivity contribution is -0.121. The Kier molecular flexibility index (Phi) is 4.10. The molecular weight excluding hydrogens is 244 g/mol. The minimum Gasteiger partial charge on any atom is -0.344 e. The van der Waals surface area contributed by atoms with Gasteiger partial charge in [-0.15, -0.1) is 11.3 Å². The van der Waals surface area contributed by atoms with Gasteiger partial charge in [0.15, 0.2) is 0 Å². The number of nitrogens with one attached hydrogen (secondary N) is 1. The SMILES string of the molecule is CCC(=O)NC(c1ccccc1)c1scnc1C. The second-order valence-electron chi connectivity index (χ2n) is 4.07. The van der Waals surface area contributed by atoms with Crippen LogP contribution in [-0.2, 0) is 4.79 Å². The average Bonchev–Trinajstić information content (AvgIpc) is 2.83. The standard InChI is InChI=1S/C14H16N2OS/c1-3-12(17)16-13(11-7-5-4-6-8-11)14-10(2)15-9-18-14/h4-9,13H,3H2,1-2H3,(H,16,17). The van der Waals surface area contributed by atoms with Crippen LogP contribution in [0.5, 0.6) is 0 Å². The van der Waals surface area contributed by atoms with E-state index in [9.17, 15) is 4.79 Å². The molecule has 0 spiro atoms. The molecule has 0 saturated carbocycles. The summed E-state index contributed by atoms with van der Waals surface area (Å²) in [6, 6.07) is 9.90. The van der Waals surface area contributed by atoms with Gasteiger partial charge in [-0.1, -0.05) is 37.3 Å². The number of nitrogens with zero attached hydrogens (tertiary/aromatic N) is 1. The van der Waals surface area contributed by atoms with Crippen molar-refractivity contribution in [3.8, 4) is 0 Å². The highest BCUT2D eigenvalue weighted by molar-refractivity contribution is 7.09. The van der Waals surface area contributed by atoms with Crippen molar-refractivity contribution in [3.63, 3.8) is 0 Å². The maximum atomic E-state index is 11.7. The molecule has 1 amide bonds. The smallest absolute Gasteiger partial charge is 0.220 e. The number of amides is 1. The molecule has 1 atom stereocenters. The molecule has 4 heteroatoms. The van der Waals surface area contributed by atoms with Crippen LogP contribution in [0.1, 0.15) is 35.5 Å². The van der Waals surface area contributed by atoms with Gasteiger partial charge in [0.25, 0.3) is 0 Å². The molecule has 1 aromatic carbocycles. The fourth-order valence-corrected chi connectivity index (χ4v) is 2.68. The fraction of sp³-hybridized carbons (Fsp3) is 0.286. The van der Waals surface area contributed by atoms with Gasteiger partial charge in [-0.2, -0.15) is 0 Å². The van der Waals surface area contributed by atoms with Crippen molar-refractivity contribution in [1.29, 1.82) is 0 Å². The van der Waals surface area contributed by atoms with Crippen molar-refractivity contribution < 1.29 is 4.79 Å². The molecule has 0 aliphatic heterocycles. The molecule has 0 radical (unpaired) electrons. The third kappa shape index (κ3) is 2.76. The Balaban J connectivity index is 2.35. The van der Waals surface area contributed by atoms with Gasteiger partial charge in [0.2, 0.25) is 5.91 Å². The number of carbonyl (C=O) groups is 1. The van der Waals surface area contributed by atoms with Crippen molar-refractivity contribution in [2.45, 2.75) is 26.3 Å². The summed E-state index contributed by atoms with van der Waals surface area (Å²) in [6.07, 6.45) is 0.487. The van der Waals surface area contributed by atoms with E-state index in [1.165, 1.54) is 0 Å². The van der Waals surface area contributed by atoms with E-state index in [1.54, 1.807) is 11.3 Å². The van der Waals surface area contributed by atoms with E-state index in [0.29, 0.717) is 6.42 Å². The minimum absolute atomic E-state index is 0.0525. The summed E-state index contributed by atoms with van der Waals surface area (Å²) < 4.78 is 0. The van der Waals surface area contributed by atoms with Gasteiger partial charge in [0.05, 0.1) is 22.1 Å². The molecule has 0 bridgehead atoms. The van der Waals surface area contributed by atoms with Gasteiger partial charge < -0.3 is 5.32 Å². The highest BCUT2D eigenvalue weighted by Crippen LogP contribution is 2.27. The lowest BCUT2D eigenvalue weighted by Crippen LogP contribution is -2.28. The number of aryl methyl sites for hydroxylation is 1. The Bertz CT molecular complexity index is 522. The zero-order valence-corrected chi connectivity index (χ0v) is 11.3. The molecule has 2 rings (SSSR count). The number of aromatic nitrogens is 1. The quantitative estimate of drug-likeness (QED) is 0.918. The molecule has 2 aromatic rings. The predicted molar refractivity (Wildman–Crippen MR) is 73.6 cm³/mol. The second-order valence-corrected chi connectivity index (χ2v) is 4.95. The topological polar surface area (TPSA) is 42.0 Å². The van der Waals surface area contributed by atoms with Crippen LogP contribution in [0.15, 0.2) is 35.8 Å². The van der Waals surface area contributed by atoms with Gasteiger partial charge in [-0.05, 0) is 12.5 Å². The molecule has 1 aromatic heterocycles. The summed E-state index contributed by atoms with van der Waals surface area (Å²) in [5, 5.41) is 3.06. The van der Waals surface area contributed by atoms with E-state index < -0.39 is 0 Å². The molecule has 0 aliphatic rings. The van der Waals surface area contributed by atoms with Crippen molar-refractivity contribution in [2.24, 2.45) is 0 Å². The van der Waals surface area contributed by atoms with Crippen LogP contribution >= 0.6 is 11.3 Å². The number of benzene rings is 1. The van der Waals surface area contributed by atoms with Crippen LogP contribution in [-0.4, -0.2) is 10.9 Å². The van der Waals surface area contributed by atoms with Crippen molar-refractivity contribution in [2.75, 3.05) is 0 Å². The van der Waals surface area contributed by atoms with Crippen LogP contribution in [0.25, 0.3) is 0 Å². The van der Waals surface area contributed by atoms with E-state index in [4.69, 9.17) is 0 Å². The summed E-state index contributed by atoms with van der Waals surface area (Å²) >= 11 is 1.58. The maximum Gasteiger partial charge on any atom is 0.220 e. The first kappa shape index (κ1) is 12.8. The number of hydrogen-bond acceptors (Lipinski definition) is 3. The van der Waals surface area contributed by atoms with Crippen molar-refractivity contribution in [1.82, 2.24) is 10.3 Å². The van der Waals surface area contributed by atoms with E-state index >= 15 is 0 Å². The Hall–Kier alpha value is -1.68. The highest BCUT2D eigenvalue weighted by atomic mass is 32.1. The van der Waals surface area contributed by atoms with Crippen LogP contribution < -0.4 is 5.32 Å². The summed E-state index contributed by atoms with van der Waals surface area (Å²) in [5.74, 6) is 0.0525. The van der Waals surface area contributed by atoms with E-state index in [2.05, 4.69) is 10.3 Å². The Labute approximate surface area is 111 Å². The first-order valence-electron chi connectivity index (χ1n) is 5.96. The summed E-state index contributed by atoms with van der Waals surface area (Å²) in [4.78, 5) is 17.0. The Morgan fingerprint density at radius 1 is 1.39 bits per heavy atom. The average molecular weight is 260 g/mol. The Morgan fingerprint density at radius 3 is 2.67 bits per heavy atom. The summed E-state index contributed by atoms with van der Waals surface area (Å²) in [7, 11) is 0. The molecule has 0 aliphatic carbocycles. The molecule has 1 unspecified atom stereocenters. The maximum absolute atomic E-state index is 11.7. The lowest BCUT2D eigenvalue weighted by Gasteiger charge is -2.18. The first-order chi connectivity index (χ1) is 8.72. The molecule has 94 valence electrons. The van der Waals surface area contributed by atoms with Crippen LogP contribution in [0.2, 0.25) is 0 Å². The van der Waals surface area contributed by atoms with Gasteiger partial charge in [-0.25, -0.2) is 4.98 Å². The first-order valence-corrected chi connectivity index (χ1v) is 6.84. The van der Waals surface area contributed by atoms with E-state index in [-0.39, 0.29) is 11.9 Å². The molecule has 3 nitrogen and oxygen atoms in total. The molecular formula is C14H16N2OS. The van der Waals surface area contributed by atoms with Crippen LogP contribution in [0, 0.1) is 6.92 Å². The summed E-state index contributed by atoms with van der Waals surface area (Å²) in [6.45, 7) is 3.83. The van der Waals surface area contributed by atoms with Crippen LogP contribution in [0.4, 0.5) is 0 Å². The van der Waals surface area contributed by atoms with Crippen molar-refractivity contribution >= 4 is 17.2 Å². The second kappa shape index (κ2) is 5.78. The highest BCUT2D eigenvalue weighted by Gasteiger charge is 2.19. The molecule has 18 heavy (non-hydrogen) atoms. The largest absolute Gasteiger partial charge is 0.344 e. The van der Waals surface area contributed by atoms with Crippen molar-refractivity contribution in [3.05, 3.63) is 52.0 Å². The third-order valence-electron chi connectivity index (χ3n) is 2.80. The van der Waals surface area contributed by atoms with Gasteiger partial charge in [-0.3, -0.25) is 4.79 Å². The van der Waals surface area contributed by atoms with Crippen LogP contribution in [0.3, 0.4) is 0 Å². The molecule has 0 saturated heterocycles. The summed E-state index contributed by atoms with van der Waals surface area (Å²) in [5.41, 5.74) is 3.88. The Morgan fingerprint density at radius 2 is 2.11 bits per heavy atom. The molecule has 1 N–H and O–H groups in total. The van der Waals surface area contributed by atoms with Gasteiger partial charge in [0, 0.05) is 6.42 Å². The fourth-order valence-electron chi connectivity index (χ4n) is 1.80. The number of rotatable bonds is 4. The normalized spacial score (nSPS) is 12.1. The monoisotopic (exact) mass is 260 g/mol. The zero-order chi connectivity index (χ0) is 13.0.